The maximum atomic E-state index is 12.3. The van der Waals surface area contributed by atoms with Gasteiger partial charge in [0, 0.05) is 39.4 Å². The smallest absolute Gasteiger partial charge is 0.320 e. The quantitative estimate of drug-likeness (QED) is 0.851. The lowest BCUT2D eigenvalue weighted by molar-refractivity contribution is -0.143. The van der Waals surface area contributed by atoms with Gasteiger partial charge in [-0.2, -0.15) is 0 Å². The Morgan fingerprint density at radius 2 is 1.89 bits per heavy atom. The monoisotopic (exact) mass is 265 g/mol. The normalized spacial score (nSPS) is 18.3. The molecule has 2 rings (SSSR count). The van der Waals surface area contributed by atoms with Crippen LogP contribution in [0.25, 0.3) is 0 Å². The zero-order valence-corrected chi connectivity index (χ0v) is 11.2. The van der Waals surface area contributed by atoms with Gasteiger partial charge in [-0.25, -0.2) is 0 Å². The SMILES string of the molecule is CC(C(=O)O)N1CCN(C(=O)c2cccn2C)CC1. The van der Waals surface area contributed by atoms with Gasteiger partial charge in [0.1, 0.15) is 11.7 Å². The second-order valence-electron chi connectivity index (χ2n) is 4.85. The first-order chi connectivity index (χ1) is 9.00. The number of hydrogen-bond acceptors (Lipinski definition) is 3. The summed E-state index contributed by atoms with van der Waals surface area (Å²) in [4.78, 5) is 26.8. The van der Waals surface area contributed by atoms with Crippen molar-refractivity contribution in [2.75, 3.05) is 26.2 Å². The van der Waals surface area contributed by atoms with E-state index in [1.165, 1.54) is 0 Å². The van der Waals surface area contributed by atoms with Gasteiger partial charge in [0.05, 0.1) is 0 Å². The number of hydrogen-bond donors (Lipinski definition) is 1. The first kappa shape index (κ1) is 13.6. The topological polar surface area (TPSA) is 65.8 Å². The van der Waals surface area contributed by atoms with Gasteiger partial charge in [-0.05, 0) is 19.1 Å². The molecule has 0 aliphatic carbocycles. The molecular weight excluding hydrogens is 246 g/mol. The molecule has 1 N–H and O–H groups in total. The van der Waals surface area contributed by atoms with Crippen molar-refractivity contribution in [1.29, 1.82) is 0 Å². The number of rotatable bonds is 3. The first-order valence-corrected chi connectivity index (χ1v) is 6.38. The van der Waals surface area contributed by atoms with Gasteiger partial charge in [-0.3, -0.25) is 14.5 Å². The van der Waals surface area contributed by atoms with E-state index in [-0.39, 0.29) is 5.91 Å². The molecule has 1 unspecified atom stereocenters. The molecule has 1 aromatic heterocycles. The second kappa shape index (κ2) is 5.44. The minimum absolute atomic E-state index is 0.00938. The van der Waals surface area contributed by atoms with Crippen molar-refractivity contribution in [2.24, 2.45) is 7.05 Å². The number of amides is 1. The van der Waals surface area contributed by atoms with E-state index in [0.29, 0.717) is 31.9 Å². The summed E-state index contributed by atoms with van der Waals surface area (Å²) >= 11 is 0. The predicted octanol–water partition coefficient (Wildman–Crippen LogP) is 0.256. The number of aromatic nitrogens is 1. The molecule has 6 heteroatoms. The van der Waals surface area contributed by atoms with E-state index in [9.17, 15) is 9.59 Å². The number of carboxylic acids is 1. The fraction of sp³-hybridized carbons (Fsp3) is 0.538. The fourth-order valence-electron chi connectivity index (χ4n) is 2.31. The Bertz CT molecular complexity index is 475. The summed E-state index contributed by atoms with van der Waals surface area (Å²) in [5.74, 6) is -0.808. The van der Waals surface area contributed by atoms with Crippen LogP contribution >= 0.6 is 0 Å². The van der Waals surface area contributed by atoms with E-state index >= 15 is 0 Å². The third kappa shape index (κ3) is 2.78. The lowest BCUT2D eigenvalue weighted by atomic mass is 10.2. The van der Waals surface area contributed by atoms with Crippen LogP contribution in [-0.2, 0) is 11.8 Å². The zero-order valence-electron chi connectivity index (χ0n) is 11.2. The number of carbonyl (C=O) groups excluding carboxylic acids is 1. The molecule has 0 saturated carbocycles. The molecule has 19 heavy (non-hydrogen) atoms. The second-order valence-corrected chi connectivity index (χ2v) is 4.85. The summed E-state index contributed by atoms with van der Waals surface area (Å²) < 4.78 is 1.80. The van der Waals surface area contributed by atoms with E-state index in [1.54, 1.807) is 22.5 Å². The molecule has 0 spiro atoms. The van der Waals surface area contributed by atoms with Crippen LogP contribution in [0.1, 0.15) is 17.4 Å². The third-order valence-corrected chi connectivity index (χ3v) is 3.67. The third-order valence-electron chi connectivity index (χ3n) is 3.67. The molecule has 0 radical (unpaired) electrons. The Labute approximate surface area is 112 Å². The van der Waals surface area contributed by atoms with Gasteiger partial charge in [-0.1, -0.05) is 0 Å². The molecule has 104 valence electrons. The number of piperazine rings is 1. The van der Waals surface area contributed by atoms with Gasteiger partial charge < -0.3 is 14.6 Å². The largest absolute Gasteiger partial charge is 0.480 e. The van der Waals surface area contributed by atoms with E-state index in [1.807, 2.05) is 24.2 Å². The average Bonchev–Trinajstić information content (AvgIpc) is 2.83. The molecule has 2 heterocycles. The minimum atomic E-state index is -0.817. The first-order valence-electron chi connectivity index (χ1n) is 6.38. The maximum Gasteiger partial charge on any atom is 0.320 e. The Hall–Kier alpha value is -1.82. The van der Waals surface area contributed by atoms with Crippen LogP contribution in [0, 0.1) is 0 Å². The van der Waals surface area contributed by atoms with Crippen LogP contribution in [0.3, 0.4) is 0 Å². The van der Waals surface area contributed by atoms with Crippen molar-refractivity contribution in [3.8, 4) is 0 Å². The van der Waals surface area contributed by atoms with Crippen LogP contribution < -0.4 is 0 Å². The Balaban J connectivity index is 1.95. The molecule has 1 aliphatic heterocycles. The molecule has 0 aromatic carbocycles. The molecule has 1 aliphatic rings. The molecular formula is C13H19N3O3. The van der Waals surface area contributed by atoms with Crippen molar-refractivity contribution >= 4 is 11.9 Å². The molecule has 1 aromatic rings. The van der Waals surface area contributed by atoms with Crippen molar-refractivity contribution < 1.29 is 14.7 Å². The lowest BCUT2D eigenvalue weighted by Crippen LogP contribution is -2.53. The molecule has 1 saturated heterocycles. The van der Waals surface area contributed by atoms with E-state index < -0.39 is 12.0 Å². The van der Waals surface area contributed by atoms with Crippen LogP contribution in [0.15, 0.2) is 18.3 Å². The van der Waals surface area contributed by atoms with Crippen LogP contribution in [0.5, 0.6) is 0 Å². The molecule has 1 amide bonds. The van der Waals surface area contributed by atoms with Gasteiger partial charge in [0.15, 0.2) is 0 Å². The van der Waals surface area contributed by atoms with Crippen molar-refractivity contribution in [2.45, 2.75) is 13.0 Å². The van der Waals surface area contributed by atoms with Crippen molar-refractivity contribution in [3.63, 3.8) is 0 Å². The molecule has 6 nitrogen and oxygen atoms in total. The summed E-state index contributed by atoms with van der Waals surface area (Å²) in [7, 11) is 1.84. The highest BCUT2D eigenvalue weighted by Gasteiger charge is 2.28. The van der Waals surface area contributed by atoms with Crippen LogP contribution in [0.4, 0.5) is 0 Å². The van der Waals surface area contributed by atoms with E-state index in [4.69, 9.17) is 5.11 Å². The summed E-state index contributed by atoms with van der Waals surface area (Å²) in [6.45, 7) is 4.02. The Morgan fingerprint density at radius 3 is 2.37 bits per heavy atom. The van der Waals surface area contributed by atoms with Gasteiger partial charge >= 0.3 is 5.97 Å². The summed E-state index contributed by atoms with van der Waals surface area (Å²) in [6.07, 6.45) is 1.84. The Morgan fingerprint density at radius 1 is 1.26 bits per heavy atom. The highest BCUT2D eigenvalue weighted by molar-refractivity contribution is 5.92. The number of carbonyl (C=O) groups is 2. The summed E-state index contributed by atoms with van der Waals surface area (Å²) in [5, 5.41) is 8.97. The molecule has 1 fully saturated rings. The van der Waals surface area contributed by atoms with Gasteiger partial charge in [-0.15, -0.1) is 0 Å². The van der Waals surface area contributed by atoms with Crippen molar-refractivity contribution in [1.82, 2.24) is 14.4 Å². The average molecular weight is 265 g/mol. The fourth-order valence-corrected chi connectivity index (χ4v) is 2.31. The van der Waals surface area contributed by atoms with E-state index in [2.05, 4.69) is 0 Å². The highest BCUT2D eigenvalue weighted by Crippen LogP contribution is 2.11. The Kier molecular flexibility index (Phi) is 3.90. The standard InChI is InChI=1S/C13H19N3O3/c1-10(13(18)19)15-6-8-16(9-7-15)12(17)11-4-3-5-14(11)2/h3-5,10H,6-9H2,1-2H3,(H,18,19). The van der Waals surface area contributed by atoms with Crippen molar-refractivity contribution in [3.05, 3.63) is 24.0 Å². The highest BCUT2D eigenvalue weighted by atomic mass is 16.4. The molecule has 0 bridgehead atoms. The lowest BCUT2D eigenvalue weighted by Gasteiger charge is -2.36. The number of carboxylic acid groups (broad SMARTS) is 1. The van der Waals surface area contributed by atoms with Crippen LogP contribution in [0.2, 0.25) is 0 Å². The predicted molar refractivity (Wildman–Crippen MR) is 70.0 cm³/mol. The van der Waals surface area contributed by atoms with Gasteiger partial charge in [0.2, 0.25) is 0 Å². The zero-order chi connectivity index (χ0) is 14.0. The van der Waals surface area contributed by atoms with Crippen LogP contribution in [-0.4, -0.2) is 63.6 Å². The minimum Gasteiger partial charge on any atom is -0.480 e. The number of aryl methyl sites for hydroxylation is 1. The summed E-state index contributed by atoms with van der Waals surface area (Å²) in [5.41, 5.74) is 0.666. The molecule has 1 atom stereocenters. The number of aliphatic carboxylic acids is 1. The van der Waals surface area contributed by atoms with E-state index in [0.717, 1.165) is 0 Å². The number of nitrogens with zero attached hydrogens (tertiary/aromatic N) is 3. The summed E-state index contributed by atoms with van der Waals surface area (Å²) in [6, 6.07) is 3.15. The van der Waals surface area contributed by atoms with Gasteiger partial charge in [0.25, 0.3) is 5.91 Å². The maximum absolute atomic E-state index is 12.3.